The number of nitrogens with one attached hydrogen (secondary N) is 1. The maximum Gasteiger partial charge on any atom is 0.0638 e. The maximum absolute atomic E-state index is 4.34. The predicted octanol–water partition coefficient (Wildman–Crippen LogP) is 1.67. The van der Waals surface area contributed by atoms with Crippen LogP contribution < -0.4 is 5.32 Å². The quantitative estimate of drug-likeness (QED) is 0.888. The van der Waals surface area contributed by atoms with E-state index in [0.717, 1.165) is 24.0 Å². The minimum absolute atomic E-state index is 0.788. The standard InChI is InChI=1S/C11H19N3S2/c1-9-10(7-14(2)13-9)5-12-6-11-8-15-3-4-16-11/h7,11-12H,3-6,8H2,1-2H3. The third-order valence-corrected chi connectivity index (χ3v) is 5.53. The number of hydrogen-bond donors (Lipinski definition) is 1. The highest BCUT2D eigenvalue weighted by Gasteiger charge is 2.13. The number of nitrogens with zero attached hydrogens (tertiary/aromatic N) is 2. The molecule has 1 aliphatic heterocycles. The fourth-order valence-electron chi connectivity index (χ4n) is 1.84. The third kappa shape index (κ3) is 3.43. The molecule has 0 aromatic carbocycles. The van der Waals surface area contributed by atoms with Crippen LogP contribution >= 0.6 is 23.5 Å². The fraction of sp³-hybridized carbons (Fsp3) is 0.727. The summed E-state index contributed by atoms with van der Waals surface area (Å²) in [6.07, 6.45) is 2.10. The van der Waals surface area contributed by atoms with E-state index in [1.807, 2.05) is 11.7 Å². The third-order valence-electron chi connectivity index (χ3n) is 2.69. The van der Waals surface area contributed by atoms with Crippen molar-refractivity contribution in [3.05, 3.63) is 17.5 Å². The summed E-state index contributed by atoms with van der Waals surface area (Å²) in [5.74, 6) is 3.93. The average Bonchev–Trinajstić information content (AvgIpc) is 2.59. The minimum Gasteiger partial charge on any atom is -0.311 e. The summed E-state index contributed by atoms with van der Waals surface area (Å²) >= 11 is 4.18. The minimum atomic E-state index is 0.788. The molecular formula is C11H19N3S2. The average molecular weight is 257 g/mol. The van der Waals surface area contributed by atoms with Crippen LogP contribution in [0.4, 0.5) is 0 Å². The second kappa shape index (κ2) is 5.98. The molecule has 1 fully saturated rings. The van der Waals surface area contributed by atoms with Gasteiger partial charge in [-0.1, -0.05) is 0 Å². The van der Waals surface area contributed by atoms with Gasteiger partial charge in [0.2, 0.25) is 0 Å². The predicted molar refractivity (Wildman–Crippen MR) is 73.2 cm³/mol. The fourth-order valence-corrected chi connectivity index (χ4v) is 4.49. The molecule has 3 nitrogen and oxygen atoms in total. The van der Waals surface area contributed by atoms with Crippen molar-refractivity contribution in [2.45, 2.75) is 18.7 Å². The lowest BCUT2D eigenvalue weighted by atomic mass is 10.2. The first kappa shape index (κ1) is 12.3. The second-order valence-electron chi connectivity index (χ2n) is 4.11. The zero-order valence-corrected chi connectivity index (χ0v) is 11.5. The zero-order valence-electron chi connectivity index (χ0n) is 9.90. The van der Waals surface area contributed by atoms with E-state index in [9.17, 15) is 0 Å². The lowest BCUT2D eigenvalue weighted by molar-refractivity contribution is 0.683. The Morgan fingerprint density at radius 1 is 1.56 bits per heavy atom. The van der Waals surface area contributed by atoms with E-state index in [1.54, 1.807) is 0 Å². The van der Waals surface area contributed by atoms with Crippen molar-refractivity contribution in [3.8, 4) is 0 Å². The number of hydrogen-bond acceptors (Lipinski definition) is 4. The van der Waals surface area contributed by atoms with Gasteiger partial charge in [0.05, 0.1) is 5.69 Å². The lowest BCUT2D eigenvalue weighted by Crippen LogP contribution is -2.28. The molecule has 1 aliphatic rings. The van der Waals surface area contributed by atoms with E-state index in [-0.39, 0.29) is 0 Å². The largest absolute Gasteiger partial charge is 0.311 e. The molecule has 1 atom stereocenters. The van der Waals surface area contributed by atoms with Crippen molar-refractivity contribution in [1.82, 2.24) is 15.1 Å². The molecule has 1 aromatic heterocycles. The van der Waals surface area contributed by atoms with E-state index >= 15 is 0 Å². The molecule has 2 rings (SSSR count). The Kier molecular flexibility index (Phi) is 4.61. The number of aryl methyl sites for hydroxylation is 2. The van der Waals surface area contributed by atoms with Crippen LogP contribution in [0.1, 0.15) is 11.3 Å². The van der Waals surface area contributed by atoms with Crippen molar-refractivity contribution >= 4 is 23.5 Å². The van der Waals surface area contributed by atoms with Crippen LogP contribution in [0.5, 0.6) is 0 Å². The van der Waals surface area contributed by atoms with Crippen LogP contribution in [0, 0.1) is 6.92 Å². The summed E-state index contributed by atoms with van der Waals surface area (Å²) < 4.78 is 1.89. The summed E-state index contributed by atoms with van der Waals surface area (Å²) in [6, 6.07) is 0. The Morgan fingerprint density at radius 3 is 3.06 bits per heavy atom. The van der Waals surface area contributed by atoms with Crippen LogP contribution in [0.3, 0.4) is 0 Å². The van der Waals surface area contributed by atoms with Gasteiger partial charge in [0, 0.05) is 54.4 Å². The molecule has 0 aliphatic carbocycles. The molecule has 0 saturated carbocycles. The van der Waals surface area contributed by atoms with Gasteiger partial charge < -0.3 is 5.32 Å². The maximum atomic E-state index is 4.34. The molecular weight excluding hydrogens is 238 g/mol. The van der Waals surface area contributed by atoms with Crippen molar-refractivity contribution < 1.29 is 0 Å². The van der Waals surface area contributed by atoms with E-state index in [4.69, 9.17) is 0 Å². The second-order valence-corrected chi connectivity index (χ2v) is 6.67. The van der Waals surface area contributed by atoms with Gasteiger partial charge in [-0.15, -0.1) is 0 Å². The molecule has 16 heavy (non-hydrogen) atoms. The number of aromatic nitrogens is 2. The number of thioether (sulfide) groups is 2. The molecule has 1 aromatic rings. The molecule has 5 heteroatoms. The summed E-state index contributed by atoms with van der Waals surface area (Å²) in [4.78, 5) is 0. The molecule has 0 spiro atoms. The van der Waals surface area contributed by atoms with Gasteiger partial charge in [-0.2, -0.15) is 28.6 Å². The van der Waals surface area contributed by atoms with E-state index in [0.29, 0.717) is 0 Å². The van der Waals surface area contributed by atoms with Gasteiger partial charge in [-0.25, -0.2) is 0 Å². The smallest absolute Gasteiger partial charge is 0.0638 e. The van der Waals surface area contributed by atoms with Gasteiger partial charge in [-0.05, 0) is 6.92 Å². The van der Waals surface area contributed by atoms with E-state index in [1.165, 1.54) is 22.8 Å². The molecule has 90 valence electrons. The highest BCUT2D eigenvalue weighted by Crippen LogP contribution is 2.23. The Balaban J connectivity index is 1.73. The first-order chi connectivity index (χ1) is 7.75. The monoisotopic (exact) mass is 257 g/mol. The topological polar surface area (TPSA) is 29.9 Å². The first-order valence-corrected chi connectivity index (χ1v) is 7.85. The van der Waals surface area contributed by atoms with Crippen LogP contribution in [-0.2, 0) is 13.6 Å². The Bertz CT molecular complexity index is 332. The Morgan fingerprint density at radius 2 is 2.44 bits per heavy atom. The first-order valence-electron chi connectivity index (χ1n) is 5.65. The van der Waals surface area contributed by atoms with Crippen molar-refractivity contribution in [2.24, 2.45) is 7.05 Å². The molecule has 0 amide bonds. The van der Waals surface area contributed by atoms with Crippen molar-refractivity contribution in [3.63, 3.8) is 0 Å². The molecule has 2 heterocycles. The van der Waals surface area contributed by atoms with E-state index in [2.05, 4.69) is 47.1 Å². The molecule has 1 saturated heterocycles. The molecule has 0 radical (unpaired) electrons. The molecule has 0 bridgehead atoms. The van der Waals surface area contributed by atoms with Crippen LogP contribution in [0.2, 0.25) is 0 Å². The van der Waals surface area contributed by atoms with Crippen LogP contribution in [0.25, 0.3) is 0 Å². The highest BCUT2D eigenvalue weighted by molar-refractivity contribution is 8.06. The van der Waals surface area contributed by atoms with Crippen LogP contribution in [0.15, 0.2) is 6.20 Å². The van der Waals surface area contributed by atoms with Crippen molar-refractivity contribution in [2.75, 3.05) is 23.8 Å². The molecule has 1 unspecified atom stereocenters. The van der Waals surface area contributed by atoms with Gasteiger partial charge in [-0.3, -0.25) is 4.68 Å². The summed E-state index contributed by atoms with van der Waals surface area (Å²) in [5, 5.41) is 8.67. The van der Waals surface area contributed by atoms with Gasteiger partial charge >= 0.3 is 0 Å². The molecule has 1 N–H and O–H groups in total. The summed E-state index contributed by atoms with van der Waals surface area (Å²) in [6.45, 7) is 4.13. The van der Waals surface area contributed by atoms with E-state index < -0.39 is 0 Å². The Hall–Kier alpha value is -0.130. The van der Waals surface area contributed by atoms with Gasteiger partial charge in [0.15, 0.2) is 0 Å². The van der Waals surface area contributed by atoms with Gasteiger partial charge in [0.1, 0.15) is 0 Å². The number of rotatable bonds is 4. The van der Waals surface area contributed by atoms with Crippen LogP contribution in [-0.4, -0.2) is 38.8 Å². The Labute approximate surface area is 106 Å². The van der Waals surface area contributed by atoms with Crippen molar-refractivity contribution in [1.29, 1.82) is 0 Å². The summed E-state index contributed by atoms with van der Waals surface area (Å²) in [5.41, 5.74) is 2.46. The zero-order chi connectivity index (χ0) is 11.4. The highest BCUT2D eigenvalue weighted by atomic mass is 32.2. The normalized spacial score (nSPS) is 21.2. The SMILES string of the molecule is Cc1nn(C)cc1CNCC1CSCCS1. The summed E-state index contributed by atoms with van der Waals surface area (Å²) in [7, 11) is 1.98. The van der Waals surface area contributed by atoms with Gasteiger partial charge in [0.25, 0.3) is 0 Å². The lowest BCUT2D eigenvalue weighted by Gasteiger charge is -2.21.